The lowest BCUT2D eigenvalue weighted by atomic mass is 9.82. The molecule has 3 aliphatic rings. The molecule has 1 aromatic heterocycles. The van der Waals surface area contributed by atoms with Crippen LogP contribution in [0.3, 0.4) is 0 Å². The number of benzene rings is 2. The Kier molecular flexibility index (Phi) is 8.39. The summed E-state index contributed by atoms with van der Waals surface area (Å²) in [5, 5.41) is 17.2. The summed E-state index contributed by atoms with van der Waals surface area (Å²) in [5.41, 5.74) is -4.25. The molecule has 2 aromatic carbocycles. The fraction of sp³-hybridized carbons (Fsp3) is 0.471. The topological polar surface area (TPSA) is 102 Å². The van der Waals surface area contributed by atoms with Crippen molar-refractivity contribution in [2.45, 2.75) is 68.9 Å². The second kappa shape index (κ2) is 12.0. The number of methoxy groups -OCH3 is 1. The number of rotatable bonds is 12. The lowest BCUT2D eigenvalue weighted by Crippen LogP contribution is -2.51. The molecule has 2 saturated carbocycles. The molecule has 3 atom stereocenters. The number of alkyl halides is 3. The highest BCUT2D eigenvalue weighted by molar-refractivity contribution is 5.95. The lowest BCUT2D eigenvalue weighted by molar-refractivity contribution is -0.265. The van der Waals surface area contributed by atoms with E-state index in [2.05, 4.69) is 22.5 Å². The van der Waals surface area contributed by atoms with Gasteiger partial charge in [-0.15, -0.1) is 0 Å². The number of fused-ring (bicyclic) bond motifs is 1. The van der Waals surface area contributed by atoms with Gasteiger partial charge in [-0.25, -0.2) is 9.37 Å². The van der Waals surface area contributed by atoms with E-state index in [0.717, 1.165) is 25.7 Å². The van der Waals surface area contributed by atoms with Gasteiger partial charge in [0.2, 0.25) is 5.60 Å². The summed E-state index contributed by atoms with van der Waals surface area (Å²) < 4.78 is 75.5. The van der Waals surface area contributed by atoms with Gasteiger partial charge in [0.25, 0.3) is 5.91 Å². The summed E-state index contributed by atoms with van der Waals surface area (Å²) in [6, 6.07) is 10.9. The van der Waals surface area contributed by atoms with Crippen LogP contribution in [-0.2, 0) is 11.0 Å². The van der Waals surface area contributed by atoms with Gasteiger partial charge in [0, 0.05) is 34.7 Å². The van der Waals surface area contributed by atoms with Crippen molar-refractivity contribution in [3.8, 4) is 28.5 Å². The summed E-state index contributed by atoms with van der Waals surface area (Å²) in [6.45, 7) is 3.31. The molecule has 0 spiro atoms. The third kappa shape index (κ3) is 6.37. The van der Waals surface area contributed by atoms with Crippen LogP contribution in [0.4, 0.5) is 17.6 Å². The number of aliphatic hydroxyl groups is 1. The van der Waals surface area contributed by atoms with Gasteiger partial charge in [0.1, 0.15) is 17.3 Å². The Bertz CT molecular complexity index is 1610. The molecule has 246 valence electrons. The molecular weight excluding hydrogens is 606 g/mol. The molecule has 3 aromatic rings. The number of hydrogen-bond acceptors (Lipinski definition) is 7. The maximum atomic E-state index is 14.9. The van der Waals surface area contributed by atoms with Crippen LogP contribution in [0, 0.1) is 11.7 Å². The molecule has 0 bridgehead atoms. The molecule has 0 saturated heterocycles. The van der Waals surface area contributed by atoms with E-state index < -0.39 is 41.2 Å². The molecule has 2 fully saturated rings. The van der Waals surface area contributed by atoms with Gasteiger partial charge < -0.3 is 30.0 Å². The summed E-state index contributed by atoms with van der Waals surface area (Å²) >= 11 is 0. The minimum Gasteiger partial charge on any atom is -0.493 e. The highest BCUT2D eigenvalue weighted by Gasteiger charge is 2.57. The number of amides is 1. The minimum atomic E-state index is -5.24. The quantitative estimate of drug-likeness (QED) is 0.219. The Morgan fingerprint density at radius 3 is 2.46 bits per heavy atom. The zero-order valence-electron chi connectivity index (χ0n) is 25.8. The van der Waals surface area contributed by atoms with Crippen molar-refractivity contribution < 1.29 is 41.7 Å². The van der Waals surface area contributed by atoms with Gasteiger partial charge in [-0.05, 0) is 87.1 Å². The first-order valence-corrected chi connectivity index (χ1v) is 15.4. The van der Waals surface area contributed by atoms with Crippen LogP contribution >= 0.6 is 0 Å². The predicted octanol–water partition coefficient (Wildman–Crippen LogP) is 5.66. The standard InChI is InChI=1S/C34H37F4N3O5/c1-19(20-4-5-20)39-16-32(2)18-45-30-25(32)15-28(41-29(30)21-6-9-23(35)10-7-21)33(43,34(36,37)38)17-40-31(42)22-8-13-26(27(14-22)44-3)46-24-11-12-24/h6-10,13-15,19-20,24,39,43H,4-5,11-12,16-18H2,1-3H3,(H,40,42)/t19-,32-,33-/m0/s1. The maximum absolute atomic E-state index is 14.9. The fourth-order valence-corrected chi connectivity index (χ4v) is 5.67. The summed E-state index contributed by atoms with van der Waals surface area (Å²) in [7, 11) is 1.40. The van der Waals surface area contributed by atoms with Crippen LogP contribution in [0.25, 0.3) is 11.3 Å². The van der Waals surface area contributed by atoms with Gasteiger partial charge in [0.15, 0.2) is 11.5 Å². The Morgan fingerprint density at radius 2 is 1.83 bits per heavy atom. The SMILES string of the molecule is COc1cc(C(=O)NC[C@](O)(c2cc3c(c(-c4ccc(F)cc4)n2)OC[C@]3(C)CN[C@@H](C)C2CC2)C(F)(F)F)ccc1OC1CC1. The third-order valence-electron chi connectivity index (χ3n) is 9.06. The van der Waals surface area contributed by atoms with Crippen molar-refractivity contribution in [2.75, 3.05) is 26.8 Å². The first-order valence-electron chi connectivity index (χ1n) is 15.4. The van der Waals surface area contributed by atoms with Crippen molar-refractivity contribution in [1.29, 1.82) is 0 Å². The van der Waals surface area contributed by atoms with Crippen molar-refractivity contribution in [2.24, 2.45) is 5.92 Å². The van der Waals surface area contributed by atoms with Crippen LogP contribution in [0.2, 0.25) is 0 Å². The largest absolute Gasteiger partial charge is 0.493 e. The Morgan fingerprint density at radius 1 is 1.11 bits per heavy atom. The van der Waals surface area contributed by atoms with Crippen LogP contribution in [0.15, 0.2) is 48.5 Å². The molecule has 12 heteroatoms. The van der Waals surface area contributed by atoms with E-state index in [-0.39, 0.29) is 41.5 Å². The van der Waals surface area contributed by atoms with E-state index in [0.29, 0.717) is 29.3 Å². The van der Waals surface area contributed by atoms with Gasteiger partial charge >= 0.3 is 6.18 Å². The van der Waals surface area contributed by atoms with Crippen LogP contribution in [0.1, 0.15) is 61.1 Å². The van der Waals surface area contributed by atoms with E-state index in [9.17, 15) is 27.5 Å². The van der Waals surface area contributed by atoms with Gasteiger partial charge in [0.05, 0.1) is 32.1 Å². The molecule has 3 N–H and O–H groups in total. The van der Waals surface area contributed by atoms with Crippen molar-refractivity contribution in [3.05, 3.63) is 71.2 Å². The number of nitrogens with zero attached hydrogens (tertiary/aromatic N) is 1. The number of hydrogen-bond donors (Lipinski definition) is 3. The smallest absolute Gasteiger partial charge is 0.424 e. The molecule has 2 aliphatic carbocycles. The molecule has 8 nitrogen and oxygen atoms in total. The van der Waals surface area contributed by atoms with Crippen molar-refractivity contribution in [1.82, 2.24) is 15.6 Å². The normalized spacial score (nSPS) is 21.1. The Balaban J connectivity index is 1.34. The summed E-state index contributed by atoms with van der Waals surface area (Å²) in [5.74, 6) is 0.125. The van der Waals surface area contributed by atoms with E-state index in [1.165, 1.54) is 55.6 Å². The number of carbonyl (C=O) groups is 1. The summed E-state index contributed by atoms with van der Waals surface area (Å²) in [6.07, 6.45) is -1.12. The molecule has 6 rings (SSSR count). The highest BCUT2D eigenvalue weighted by atomic mass is 19.4. The average Bonchev–Trinajstić information content (AvgIpc) is 3.97. The predicted molar refractivity (Wildman–Crippen MR) is 162 cm³/mol. The first-order chi connectivity index (χ1) is 21.8. The maximum Gasteiger partial charge on any atom is 0.424 e. The molecule has 0 unspecified atom stereocenters. The van der Waals surface area contributed by atoms with Crippen LogP contribution in [-0.4, -0.2) is 61.1 Å². The number of carbonyl (C=O) groups excluding carboxylic acids is 1. The Hall–Kier alpha value is -3.90. The highest BCUT2D eigenvalue weighted by Crippen LogP contribution is 2.48. The number of pyridine rings is 1. The van der Waals surface area contributed by atoms with Crippen molar-refractivity contribution in [3.63, 3.8) is 0 Å². The summed E-state index contributed by atoms with van der Waals surface area (Å²) in [4.78, 5) is 17.4. The number of aromatic nitrogens is 1. The number of halogens is 4. The minimum absolute atomic E-state index is 0.0234. The average molecular weight is 644 g/mol. The zero-order chi connectivity index (χ0) is 32.9. The Labute approximate surface area is 264 Å². The number of nitrogens with one attached hydrogen (secondary N) is 2. The van der Waals surface area contributed by atoms with E-state index in [4.69, 9.17) is 14.2 Å². The third-order valence-corrected chi connectivity index (χ3v) is 9.06. The molecule has 1 aliphatic heterocycles. The lowest BCUT2D eigenvalue weighted by Gasteiger charge is -2.32. The number of ether oxygens (including phenoxy) is 3. The first kappa shape index (κ1) is 32.1. The molecule has 46 heavy (non-hydrogen) atoms. The van der Waals surface area contributed by atoms with E-state index in [1.54, 1.807) is 0 Å². The second-order valence-corrected chi connectivity index (χ2v) is 12.8. The molecular formula is C34H37F4N3O5. The molecule has 1 amide bonds. The monoisotopic (exact) mass is 643 g/mol. The van der Waals surface area contributed by atoms with E-state index >= 15 is 0 Å². The second-order valence-electron chi connectivity index (χ2n) is 12.8. The van der Waals surface area contributed by atoms with Gasteiger partial charge in [-0.1, -0.05) is 6.92 Å². The fourth-order valence-electron chi connectivity index (χ4n) is 5.67. The molecule has 0 radical (unpaired) electrons. The molecule has 2 heterocycles. The van der Waals surface area contributed by atoms with Crippen LogP contribution < -0.4 is 24.8 Å². The van der Waals surface area contributed by atoms with Gasteiger partial charge in [-0.2, -0.15) is 13.2 Å². The van der Waals surface area contributed by atoms with Gasteiger partial charge in [-0.3, -0.25) is 4.79 Å². The zero-order valence-corrected chi connectivity index (χ0v) is 25.8. The van der Waals surface area contributed by atoms with Crippen molar-refractivity contribution >= 4 is 5.91 Å². The van der Waals surface area contributed by atoms with E-state index in [1.807, 2.05) is 6.92 Å². The van der Waals surface area contributed by atoms with Crippen LogP contribution in [0.5, 0.6) is 17.2 Å².